The van der Waals surface area contributed by atoms with Crippen molar-refractivity contribution in [3.63, 3.8) is 0 Å². The second kappa shape index (κ2) is 7.20. The van der Waals surface area contributed by atoms with Crippen molar-refractivity contribution in [2.24, 2.45) is 0 Å². The molecule has 0 saturated heterocycles. The molecule has 2 N–H and O–H groups in total. The molecule has 0 aliphatic rings. The number of ether oxygens (including phenoxy) is 1. The lowest BCUT2D eigenvalue weighted by molar-refractivity contribution is 0.235. The Balaban J connectivity index is 2.14. The Morgan fingerprint density at radius 1 is 1.14 bits per heavy atom. The summed E-state index contributed by atoms with van der Waals surface area (Å²) in [6.45, 7) is 1.96. The van der Waals surface area contributed by atoms with Gasteiger partial charge in [-0.25, -0.2) is 4.39 Å². The molecule has 2 aromatic carbocycles. The Labute approximate surface area is 124 Å². The summed E-state index contributed by atoms with van der Waals surface area (Å²) >= 11 is 0. The van der Waals surface area contributed by atoms with Gasteiger partial charge in [0.25, 0.3) is 0 Å². The van der Waals surface area contributed by atoms with Gasteiger partial charge in [0.15, 0.2) is 11.6 Å². The van der Waals surface area contributed by atoms with Gasteiger partial charge in [-0.3, -0.25) is 0 Å². The van der Waals surface area contributed by atoms with E-state index in [2.05, 4.69) is 5.32 Å². The minimum atomic E-state index is -0.379. The lowest BCUT2D eigenvalue weighted by Crippen LogP contribution is -2.27. The molecule has 2 unspecified atom stereocenters. The van der Waals surface area contributed by atoms with Gasteiger partial charge in [0.2, 0.25) is 0 Å². The number of benzene rings is 2. The first kappa shape index (κ1) is 15.5. The van der Waals surface area contributed by atoms with Crippen molar-refractivity contribution in [1.29, 1.82) is 0 Å². The highest BCUT2D eigenvalue weighted by molar-refractivity contribution is 5.32. The highest BCUT2D eigenvalue weighted by Gasteiger charge is 2.15. The summed E-state index contributed by atoms with van der Waals surface area (Å²) in [4.78, 5) is 0. The fourth-order valence-electron chi connectivity index (χ4n) is 2.28. The van der Waals surface area contributed by atoms with Gasteiger partial charge < -0.3 is 15.2 Å². The number of aliphatic hydroxyl groups is 1. The van der Waals surface area contributed by atoms with Crippen molar-refractivity contribution in [2.75, 3.05) is 13.7 Å². The van der Waals surface area contributed by atoms with E-state index in [0.717, 1.165) is 11.1 Å². The molecule has 3 nitrogen and oxygen atoms in total. The van der Waals surface area contributed by atoms with E-state index in [1.54, 1.807) is 12.1 Å². The standard InChI is InChI=1S/C17H20FNO2/c1-12(14-8-9-15(18)17(10-14)21-2)19-16(11-20)13-6-4-3-5-7-13/h3-10,12,16,19-20H,11H2,1-2H3. The monoisotopic (exact) mass is 289 g/mol. The van der Waals surface area contributed by atoms with Gasteiger partial charge in [0.1, 0.15) is 0 Å². The van der Waals surface area contributed by atoms with Gasteiger partial charge in [-0.2, -0.15) is 0 Å². The first-order valence-corrected chi connectivity index (χ1v) is 6.91. The third kappa shape index (κ3) is 3.80. The van der Waals surface area contributed by atoms with E-state index in [1.807, 2.05) is 37.3 Å². The van der Waals surface area contributed by atoms with Crippen LogP contribution in [0.15, 0.2) is 48.5 Å². The Hall–Kier alpha value is -1.91. The van der Waals surface area contributed by atoms with Crippen molar-refractivity contribution in [3.05, 3.63) is 65.5 Å². The number of hydrogen-bond donors (Lipinski definition) is 2. The van der Waals surface area contributed by atoms with E-state index in [1.165, 1.54) is 13.2 Å². The van der Waals surface area contributed by atoms with Gasteiger partial charge in [0.05, 0.1) is 19.8 Å². The van der Waals surface area contributed by atoms with E-state index >= 15 is 0 Å². The summed E-state index contributed by atoms with van der Waals surface area (Å²) in [7, 11) is 1.45. The number of methoxy groups -OCH3 is 1. The van der Waals surface area contributed by atoms with Crippen LogP contribution >= 0.6 is 0 Å². The minimum absolute atomic E-state index is 0.00726. The first-order chi connectivity index (χ1) is 10.2. The fraction of sp³-hybridized carbons (Fsp3) is 0.294. The van der Waals surface area contributed by atoms with Crippen LogP contribution in [-0.2, 0) is 0 Å². The van der Waals surface area contributed by atoms with Crippen molar-refractivity contribution in [3.8, 4) is 5.75 Å². The Kier molecular flexibility index (Phi) is 5.31. The maximum atomic E-state index is 13.4. The molecule has 112 valence electrons. The van der Waals surface area contributed by atoms with Crippen LogP contribution in [0.4, 0.5) is 4.39 Å². The van der Waals surface area contributed by atoms with Gasteiger partial charge in [-0.15, -0.1) is 0 Å². The maximum Gasteiger partial charge on any atom is 0.165 e. The van der Waals surface area contributed by atoms with Crippen molar-refractivity contribution in [1.82, 2.24) is 5.32 Å². The zero-order valence-electron chi connectivity index (χ0n) is 12.2. The van der Waals surface area contributed by atoms with Crippen molar-refractivity contribution < 1.29 is 14.2 Å². The Morgan fingerprint density at radius 3 is 2.48 bits per heavy atom. The number of aliphatic hydroxyl groups excluding tert-OH is 1. The van der Waals surface area contributed by atoms with Crippen LogP contribution in [0.1, 0.15) is 30.1 Å². The first-order valence-electron chi connectivity index (χ1n) is 6.91. The summed E-state index contributed by atoms with van der Waals surface area (Å²) < 4.78 is 18.4. The van der Waals surface area contributed by atoms with Gasteiger partial charge in [-0.1, -0.05) is 36.4 Å². The summed E-state index contributed by atoms with van der Waals surface area (Å²) in [6, 6.07) is 14.3. The van der Waals surface area contributed by atoms with Crippen LogP contribution in [0.25, 0.3) is 0 Å². The topological polar surface area (TPSA) is 41.5 Å². The average Bonchev–Trinajstić information content (AvgIpc) is 2.53. The van der Waals surface area contributed by atoms with E-state index < -0.39 is 0 Å². The van der Waals surface area contributed by atoms with Crippen LogP contribution in [0.5, 0.6) is 5.75 Å². The molecule has 21 heavy (non-hydrogen) atoms. The molecule has 2 atom stereocenters. The number of halogens is 1. The molecule has 0 heterocycles. The molecule has 2 rings (SSSR count). The summed E-state index contributed by atoms with van der Waals surface area (Å²) in [5.41, 5.74) is 1.92. The largest absolute Gasteiger partial charge is 0.494 e. The smallest absolute Gasteiger partial charge is 0.165 e. The molecule has 0 spiro atoms. The molecule has 4 heteroatoms. The van der Waals surface area contributed by atoms with Crippen LogP contribution in [-0.4, -0.2) is 18.8 Å². The van der Waals surface area contributed by atoms with Gasteiger partial charge >= 0.3 is 0 Å². The van der Waals surface area contributed by atoms with Crippen molar-refractivity contribution >= 4 is 0 Å². The fourth-order valence-corrected chi connectivity index (χ4v) is 2.28. The van der Waals surface area contributed by atoms with Crippen LogP contribution in [0.2, 0.25) is 0 Å². The maximum absolute atomic E-state index is 13.4. The molecule has 0 aliphatic carbocycles. The normalized spacial score (nSPS) is 13.7. The minimum Gasteiger partial charge on any atom is -0.494 e. The summed E-state index contributed by atoms with van der Waals surface area (Å²) in [5.74, 6) is -0.156. The zero-order chi connectivity index (χ0) is 15.2. The number of hydrogen-bond acceptors (Lipinski definition) is 3. The molecule has 0 fully saturated rings. The Bertz CT molecular complexity index is 574. The van der Waals surface area contributed by atoms with Crippen molar-refractivity contribution in [2.45, 2.75) is 19.0 Å². The molecule has 0 amide bonds. The number of rotatable bonds is 6. The molecule has 0 aliphatic heterocycles. The average molecular weight is 289 g/mol. The molecule has 0 aromatic heterocycles. The predicted molar refractivity (Wildman–Crippen MR) is 80.8 cm³/mol. The third-order valence-corrected chi connectivity index (χ3v) is 3.51. The highest BCUT2D eigenvalue weighted by atomic mass is 19.1. The second-order valence-electron chi connectivity index (χ2n) is 4.93. The SMILES string of the molecule is COc1cc(C(C)NC(CO)c2ccccc2)ccc1F. The van der Waals surface area contributed by atoms with Crippen LogP contribution in [0.3, 0.4) is 0 Å². The Morgan fingerprint density at radius 2 is 1.86 bits per heavy atom. The number of nitrogens with one attached hydrogen (secondary N) is 1. The van der Waals surface area contributed by atoms with Crippen LogP contribution < -0.4 is 10.1 Å². The lowest BCUT2D eigenvalue weighted by atomic mass is 10.0. The third-order valence-electron chi connectivity index (χ3n) is 3.51. The van der Waals surface area contributed by atoms with E-state index in [-0.39, 0.29) is 30.3 Å². The molecule has 0 saturated carbocycles. The molecule has 0 radical (unpaired) electrons. The molecule has 2 aromatic rings. The second-order valence-corrected chi connectivity index (χ2v) is 4.93. The molecule has 0 bridgehead atoms. The zero-order valence-corrected chi connectivity index (χ0v) is 12.2. The predicted octanol–water partition coefficient (Wildman–Crippen LogP) is 3.22. The summed E-state index contributed by atoms with van der Waals surface area (Å²) in [6.07, 6.45) is 0. The van der Waals surface area contributed by atoms with E-state index in [0.29, 0.717) is 0 Å². The van der Waals surface area contributed by atoms with Gasteiger partial charge in [0, 0.05) is 6.04 Å². The van der Waals surface area contributed by atoms with Crippen LogP contribution in [0, 0.1) is 5.82 Å². The molecular weight excluding hydrogens is 269 g/mol. The molecular formula is C17H20FNO2. The van der Waals surface area contributed by atoms with E-state index in [9.17, 15) is 9.50 Å². The summed E-state index contributed by atoms with van der Waals surface area (Å²) in [5, 5.41) is 12.9. The van der Waals surface area contributed by atoms with E-state index in [4.69, 9.17) is 4.74 Å². The quantitative estimate of drug-likeness (QED) is 0.858. The lowest BCUT2D eigenvalue weighted by Gasteiger charge is -2.23. The highest BCUT2D eigenvalue weighted by Crippen LogP contribution is 2.24. The van der Waals surface area contributed by atoms with Gasteiger partial charge in [-0.05, 0) is 30.2 Å².